The van der Waals surface area contributed by atoms with Crippen LogP contribution in [-0.2, 0) is 16.6 Å². The van der Waals surface area contributed by atoms with Crippen molar-refractivity contribution >= 4 is 36.3 Å². The van der Waals surface area contributed by atoms with Crippen molar-refractivity contribution in [3.05, 3.63) is 66.6 Å². The van der Waals surface area contributed by atoms with Crippen molar-refractivity contribution in [3.63, 3.8) is 0 Å². The highest BCUT2D eigenvalue weighted by Crippen LogP contribution is 2.37. The molecule has 10 nitrogen and oxygen atoms in total. The molecule has 0 spiro atoms. The second-order valence-corrected chi connectivity index (χ2v) is 17.6. The van der Waals surface area contributed by atoms with Crippen molar-refractivity contribution in [1.82, 2.24) is 29.3 Å². The number of fused-ring (bicyclic) bond motifs is 2. The predicted octanol–water partition coefficient (Wildman–Crippen LogP) is 5.38. The number of aromatic nitrogens is 6. The fourth-order valence-corrected chi connectivity index (χ4v) is 6.30. The van der Waals surface area contributed by atoms with E-state index in [1.807, 2.05) is 46.0 Å². The minimum atomic E-state index is -1.90. The van der Waals surface area contributed by atoms with E-state index in [1.165, 1.54) is 0 Å². The van der Waals surface area contributed by atoms with Crippen LogP contribution in [0.25, 0.3) is 27.9 Å². The summed E-state index contributed by atoms with van der Waals surface area (Å²) in [5, 5.41) is 27.0. The number of imidazole rings is 1. The number of anilines is 1. The summed E-state index contributed by atoms with van der Waals surface area (Å²) in [7, 11) is -1.90. The van der Waals surface area contributed by atoms with Crippen LogP contribution in [0.1, 0.15) is 39.2 Å². The molecular formula is C31H39N7O3Si. The molecule has 1 saturated heterocycles. The van der Waals surface area contributed by atoms with Gasteiger partial charge in [0.25, 0.3) is 0 Å². The molecule has 6 rings (SSSR count). The van der Waals surface area contributed by atoms with Crippen molar-refractivity contribution in [2.24, 2.45) is 0 Å². The fourth-order valence-electron chi connectivity index (χ4n) is 5.26. The van der Waals surface area contributed by atoms with E-state index < -0.39 is 13.9 Å². The number of hydrogen-bond acceptors (Lipinski definition) is 8. The number of nitrogens with zero attached hydrogens (tertiary/aromatic N) is 7. The van der Waals surface area contributed by atoms with Crippen LogP contribution in [0.5, 0.6) is 5.75 Å². The van der Waals surface area contributed by atoms with E-state index in [2.05, 4.69) is 43.9 Å². The number of aromatic hydroxyl groups is 1. The summed E-state index contributed by atoms with van der Waals surface area (Å²) in [5.74, 6) is 1.39. The van der Waals surface area contributed by atoms with Gasteiger partial charge in [0.2, 0.25) is 5.95 Å². The van der Waals surface area contributed by atoms with Gasteiger partial charge in [-0.15, -0.1) is 0 Å². The van der Waals surface area contributed by atoms with Crippen LogP contribution in [0.4, 0.5) is 5.95 Å². The minimum absolute atomic E-state index is 0.129. The smallest absolute Gasteiger partial charge is 0.229 e. The third kappa shape index (κ3) is 5.16. The summed E-state index contributed by atoms with van der Waals surface area (Å²) in [6.07, 6.45) is 4.68. The van der Waals surface area contributed by atoms with Gasteiger partial charge in [-0.2, -0.15) is 15.1 Å². The molecule has 0 amide bonds. The second-order valence-electron chi connectivity index (χ2n) is 12.7. The maximum absolute atomic E-state index is 11.4. The fraction of sp³-hybridized carbons (Fsp3) is 0.419. The molecule has 11 heteroatoms. The molecule has 0 radical (unpaired) electrons. The number of piperidine rings is 1. The highest BCUT2D eigenvalue weighted by molar-refractivity contribution is 6.74. The van der Waals surface area contributed by atoms with Gasteiger partial charge in [0, 0.05) is 25.0 Å². The third-order valence-electron chi connectivity index (χ3n) is 8.99. The van der Waals surface area contributed by atoms with Crippen LogP contribution in [0.3, 0.4) is 0 Å². The molecule has 1 aliphatic heterocycles. The van der Waals surface area contributed by atoms with E-state index in [0.29, 0.717) is 56.4 Å². The Kier molecular flexibility index (Phi) is 7.07. The number of para-hydroxylation sites is 1. The van der Waals surface area contributed by atoms with Crippen molar-refractivity contribution < 1.29 is 14.6 Å². The lowest BCUT2D eigenvalue weighted by Crippen LogP contribution is -2.43. The molecule has 0 bridgehead atoms. The van der Waals surface area contributed by atoms with Gasteiger partial charge in [0.1, 0.15) is 5.75 Å². The SMILES string of the molecule is CC(C)(C)[Si](C)(C)OCCn1cnc2c(-n3ncc4ccccc43)nc(N3CCC(O)(c4ccc(O)cc4)CC3)nc21. The van der Waals surface area contributed by atoms with Crippen LogP contribution >= 0.6 is 0 Å². The van der Waals surface area contributed by atoms with Crippen LogP contribution in [-0.4, -0.2) is 67.5 Å². The van der Waals surface area contributed by atoms with E-state index in [4.69, 9.17) is 19.4 Å². The Morgan fingerprint density at radius 1 is 1.00 bits per heavy atom. The van der Waals surface area contributed by atoms with Crippen molar-refractivity contribution in [2.75, 3.05) is 24.6 Å². The third-order valence-corrected chi connectivity index (χ3v) is 13.5. The van der Waals surface area contributed by atoms with E-state index in [-0.39, 0.29) is 10.8 Å². The average molecular weight is 586 g/mol. The zero-order valence-corrected chi connectivity index (χ0v) is 25.9. The molecular weight excluding hydrogens is 546 g/mol. The van der Waals surface area contributed by atoms with Crippen LogP contribution in [0, 0.1) is 0 Å². The maximum Gasteiger partial charge on any atom is 0.229 e. The Morgan fingerprint density at radius 2 is 1.71 bits per heavy atom. The van der Waals surface area contributed by atoms with Gasteiger partial charge in [-0.25, -0.2) is 9.67 Å². The Morgan fingerprint density at radius 3 is 2.43 bits per heavy atom. The van der Waals surface area contributed by atoms with E-state index in [0.717, 1.165) is 22.1 Å². The molecule has 0 atom stereocenters. The minimum Gasteiger partial charge on any atom is -0.508 e. The largest absolute Gasteiger partial charge is 0.508 e. The molecule has 1 fully saturated rings. The Bertz CT molecular complexity index is 1710. The van der Waals surface area contributed by atoms with Gasteiger partial charge >= 0.3 is 0 Å². The van der Waals surface area contributed by atoms with Gasteiger partial charge in [-0.05, 0) is 54.7 Å². The predicted molar refractivity (Wildman–Crippen MR) is 167 cm³/mol. The Hall–Kier alpha value is -3.80. The molecule has 0 saturated carbocycles. The normalized spacial score (nSPS) is 16.0. The molecule has 3 aromatic heterocycles. The van der Waals surface area contributed by atoms with E-state index >= 15 is 0 Å². The molecule has 5 aromatic rings. The molecule has 2 N–H and O–H groups in total. The van der Waals surface area contributed by atoms with Crippen molar-refractivity contribution in [3.8, 4) is 11.6 Å². The molecule has 2 aromatic carbocycles. The summed E-state index contributed by atoms with van der Waals surface area (Å²) in [6.45, 7) is 13.6. The molecule has 0 aliphatic carbocycles. The Balaban J connectivity index is 1.34. The van der Waals surface area contributed by atoms with Gasteiger partial charge < -0.3 is 24.1 Å². The molecule has 220 valence electrons. The first-order chi connectivity index (χ1) is 20.0. The second kappa shape index (κ2) is 10.5. The monoisotopic (exact) mass is 585 g/mol. The molecule has 0 unspecified atom stereocenters. The number of rotatable bonds is 7. The highest BCUT2D eigenvalue weighted by atomic mass is 28.4. The van der Waals surface area contributed by atoms with Gasteiger partial charge in [-0.1, -0.05) is 51.1 Å². The van der Waals surface area contributed by atoms with Crippen molar-refractivity contribution in [2.45, 2.75) is 63.9 Å². The first-order valence-corrected chi connectivity index (χ1v) is 17.4. The lowest BCUT2D eigenvalue weighted by Gasteiger charge is -2.38. The standard InChI is InChI=1S/C31H39N7O3Si/c1-30(2,3)42(4,5)41-19-18-37-21-32-26-27(37)34-29(35-28(26)38-25-9-7-6-8-22(25)20-33-38)36-16-14-31(40,15-17-36)23-10-12-24(39)13-11-23/h6-13,20-21,39-40H,14-19H2,1-5H3. The zero-order valence-electron chi connectivity index (χ0n) is 24.9. The van der Waals surface area contributed by atoms with E-state index in [1.54, 1.807) is 24.3 Å². The number of phenols is 1. The summed E-state index contributed by atoms with van der Waals surface area (Å²) >= 11 is 0. The summed E-state index contributed by atoms with van der Waals surface area (Å²) in [5.41, 5.74) is 2.18. The molecule has 4 heterocycles. The van der Waals surface area contributed by atoms with Crippen LogP contribution in [0.15, 0.2) is 61.1 Å². The summed E-state index contributed by atoms with van der Waals surface area (Å²) in [6, 6.07) is 14.9. The Labute approximate surface area is 246 Å². The summed E-state index contributed by atoms with van der Waals surface area (Å²) in [4.78, 5) is 16.9. The zero-order chi connectivity index (χ0) is 29.7. The first-order valence-electron chi connectivity index (χ1n) is 14.5. The summed E-state index contributed by atoms with van der Waals surface area (Å²) < 4.78 is 10.3. The lowest BCUT2D eigenvalue weighted by molar-refractivity contribution is 0.0115. The topological polar surface area (TPSA) is 114 Å². The average Bonchev–Trinajstić information content (AvgIpc) is 3.57. The number of aliphatic hydroxyl groups is 1. The van der Waals surface area contributed by atoms with Crippen LogP contribution < -0.4 is 4.90 Å². The van der Waals surface area contributed by atoms with Gasteiger partial charge in [0.15, 0.2) is 25.3 Å². The number of benzene rings is 2. The number of hydrogen-bond donors (Lipinski definition) is 2. The van der Waals surface area contributed by atoms with Gasteiger partial charge in [0.05, 0.1) is 30.2 Å². The lowest BCUT2D eigenvalue weighted by atomic mass is 9.84. The first kappa shape index (κ1) is 28.3. The van der Waals surface area contributed by atoms with Crippen molar-refractivity contribution in [1.29, 1.82) is 0 Å². The quantitative estimate of drug-likeness (QED) is 0.245. The number of phenolic OH excluding ortho intramolecular Hbond substituents is 1. The van der Waals surface area contributed by atoms with Gasteiger partial charge in [-0.3, -0.25) is 0 Å². The molecule has 42 heavy (non-hydrogen) atoms. The highest BCUT2D eigenvalue weighted by Gasteiger charge is 2.37. The maximum atomic E-state index is 11.4. The van der Waals surface area contributed by atoms with Crippen LogP contribution in [0.2, 0.25) is 18.1 Å². The molecule has 1 aliphatic rings. The van der Waals surface area contributed by atoms with E-state index in [9.17, 15) is 10.2 Å².